The van der Waals surface area contributed by atoms with Crippen LogP contribution in [0.25, 0.3) is 0 Å². The van der Waals surface area contributed by atoms with Crippen molar-refractivity contribution in [2.45, 2.75) is 38.0 Å². The van der Waals surface area contributed by atoms with E-state index >= 15 is 0 Å². The largest absolute Gasteiger partial charge is 0.497 e. The lowest BCUT2D eigenvalue weighted by Gasteiger charge is -2.38. The Kier molecular flexibility index (Phi) is 6.53. The lowest BCUT2D eigenvalue weighted by molar-refractivity contribution is -0.155. The topological polar surface area (TPSA) is 88.1 Å². The molecular formula is C24H28N2O5. The van der Waals surface area contributed by atoms with Gasteiger partial charge in [-0.05, 0) is 48.2 Å². The summed E-state index contributed by atoms with van der Waals surface area (Å²) in [7, 11) is 1.61. The Labute approximate surface area is 182 Å². The first-order chi connectivity index (χ1) is 15.0. The average molecular weight is 424 g/mol. The van der Waals surface area contributed by atoms with Gasteiger partial charge in [-0.15, -0.1) is 0 Å². The molecule has 2 N–H and O–H groups in total. The van der Waals surface area contributed by atoms with E-state index in [-0.39, 0.29) is 30.9 Å². The van der Waals surface area contributed by atoms with E-state index in [0.717, 1.165) is 30.6 Å². The summed E-state index contributed by atoms with van der Waals surface area (Å²) in [6.45, 7) is 0.637. The molecule has 2 fully saturated rings. The third kappa shape index (κ3) is 4.89. The van der Waals surface area contributed by atoms with Gasteiger partial charge in [0.25, 0.3) is 0 Å². The third-order valence-corrected chi connectivity index (χ3v) is 6.11. The van der Waals surface area contributed by atoms with E-state index in [2.05, 4.69) is 5.32 Å². The summed E-state index contributed by atoms with van der Waals surface area (Å²) in [6.07, 6.45) is 2.10. The summed E-state index contributed by atoms with van der Waals surface area (Å²) in [5, 5.41) is 13.9. The number of aliphatic hydroxyl groups excluding tert-OH is 1. The van der Waals surface area contributed by atoms with E-state index in [1.807, 2.05) is 24.3 Å². The van der Waals surface area contributed by atoms with Gasteiger partial charge in [-0.25, -0.2) is 0 Å². The van der Waals surface area contributed by atoms with Crippen molar-refractivity contribution in [2.75, 3.05) is 25.6 Å². The van der Waals surface area contributed by atoms with Crippen LogP contribution in [0.15, 0.2) is 48.5 Å². The van der Waals surface area contributed by atoms with Gasteiger partial charge < -0.3 is 24.8 Å². The maximum absolute atomic E-state index is 12.6. The molecule has 31 heavy (non-hydrogen) atoms. The second-order valence-corrected chi connectivity index (χ2v) is 8.14. The molecule has 1 heterocycles. The second-order valence-electron chi connectivity index (χ2n) is 8.14. The molecule has 4 rings (SSSR count). The summed E-state index contributed by atoms with van der Waals surface area (Å²) in [5.41, 5.74) is 2.32. The quantitative estimate of drug-likeness (QED) is 0.714. The Morgan fingerprint density at radius 1 is 1.19 bits per heavy atom. The maximum Gasteiger partial charge on any atom is 0.249 e. The summed E-state index contributed by atoms with van der Waals surface area (Å²) in [6, 6.07) is 14.2. The smallest absolute Gasteiger partial charge is 0.249 e. The standard InChI is InChI=1S/C24H28N2O5/c1-30-20-11-5-16(6-12-20)13-26-21(14-31-15-22(26)27)23(28)17-7-9-19(10-8-17)25-24(29)18-3-2-4-18/h5-12,18,21,23,28H,2-4,13-15H2,1H3,(H,25,29)/t21-,23-/m1/s1. The fourth-order valence-corrected chi connectivity index (χ4v) is 3.92. The number of amides is 2. The molecule has 2 atom stereocenters. The first kappa shape index (κ1) is 21.3. The number of nitrogens with zero attached hydrogens (tertiary/aromatic N) is 1. The van der Waals surface area contributed by atoms with E-state index in [1.54, 1.807) is 36.3 Å². The number of morpholine rings is 1. The molecule has 0 spiro atoms. The minimum atomic E-state index is -0.904. The SMILES string of the molecule is COc1ccc(CN2C(=O)COC[C@@H]2[C@H](O)c2ccc(NC(=O)C3CCC3)cc2)cc1. The van der Waals surface area contributed by atoms with Crippen LogP contribution in [0.4, 0.5) is 5.69 Å². The number of carbonyl (C=O) groups excluding carboxylic acids is 2. The number of benzene rings is 2. The first-order valence-electron chi connectivity index (χ1n) is 10.6. The van der Waals surface area contributed by atoms with Crippen LogP contribution in [-0.2, 0) is 20.9 Å². The van der Waals surface area contributed by atoms with E-state index in [4.69, 9.17) is 9.47 Å². The summed E-state index contributed by atoms with van der Waals surface area (Å²) < 4.78 is 10.6. The van der Waals surface area contributed by atoms with Gasteiger partial charge in [-0.2, -0.15) is 0 Å². The lowest BCUT2D eigenvalue weighted by Crippen LogP contribution is -2.51. The first-order valence-corrected chi connectivity index (χ1v) is 10.6. The predicted octanol–water partition coefficient (Wildman–Crippen LogP) is 2.89. The van der Waals surface area contributed by atoms with Gasteiger partial charge in [0.2, 0.25) is 11.8 Å². The number of nitrogens with one attached hydrogen (secondary N) is 1. The van der Waals surface area contributed by atoms with Crippen molar-refractivity contribution in [1.29, 1.82) is 0 Å². The minimum Gasteiger partial charge on any atom is -0.497 e. The Morgan fingerprint density at radius 2 is 1.90 bits per heavy atom. The average Bonchev–Trinajstić information content (AvgIpc) is 2.74. The van der Waals surface area contributed by atoms with Crippen molar-refractivity contribution in [3.8, 4) is 5.75 Å². The van der Waals surface area contributed by atoms with Crippen LogP contribution >= 0.6 is 0 Å². The van der Waals surface area contributed by atoms with Crippen molar-refractivity contribution in [3.63, 3.8) is 0 Å². The molecule has 2 amide bonds. The molecule has 1 saturated carbocycles. The van der Waals surface area contributed by atoms with Crippen molar-refractivity contribution in [1.82, 2.24) is 4.90 Å². The molecule has 0 aromatic heterocycles. The van der Waals surface area contributed by atoms with Crippen LogP contribution in [0.3, 0.4) is 0 Å². The molecule has 164 valence electrons. The highest BCUT2D eigenvalue weighted by Crippen LogP contribution is 2.29. The summed E-state index contributed by atoms with van der Waals surface area (Å²) in [4.78, 5) is 26.4. The molecule has 2 aliphatic rings. The number of anilines is 1. The zero-order valence-corrected chi connectivity index (χ0v) is 17.6. The van der Waals surface area contributed by atoms with E-state index in [1.165, 1.54) is 0 Å². The molecule has 0 bridgehead atoms. The Hall–Kier alpha value is -2.90. The molecule has 7 nitrogen and oxygen atoms in total. The molecule has 7 heteroatoms. The number of carbonyl (C=O) groups is 2. The highest BCUT2D eigenvalue weighted by atomic mass is 16.5. The molecule has 1 aliphatic carbocycles. The molecule has 2 aromatic carbocycles. The third-order valence-electron chi connectivity index (χ3n) is 6.11. The van der Waals surface area contributed by atoms with Crippen LogP contribution in [0.5, 0.6) is 5.75 Å². The van der Waals surface area contributed by atoms with Crippen LogP contribution in [-0.4, -0.2) is 48.2 Å². The van der Waals surface area contributed by atoms with Crippen molar-refractivity contribution in [2.24, 2.45) is 5.92 Å². The predicted molar refractivity (Wildman–Crippen MR) is 116 cm³/mol. The number of aliphatic hydroxyl groups is 1. The summed E-state index contributed by atoms with van der Waals surface area (Å²) in [5.74, 6) is 0.757. The highest BCUT2D eigenvalue weighted by molar-refractivity contribution is 5.93. The fraction of sp³-hybridized carbons (Fsp3) is 0.417. The number of rotatable bonds is 7. The number of ether oxygens (including phenoxy) is 2. The normalized spacial score (nSPS) is 20.1. The van der Waals surface area contributed by atoms with Gasteiger partial charge in [0.05, 0.1) is 19.8 Å². The zero-order valence-electron chi connectivity index (χ0n) is 17.6. The Balaban J connectivity index is 1.44. The van der Waals surface area contributed by atoms with Crippen LogP contribution < -0.4 is 10.1 Å². The lowest BCUT2D eigenvalue weighted by atomic mass is 9.85. The fourth-order valence-electron chi connectivity index (χ4n) is 3.92. The monoisotopic (exact) mass is 424 g/mol. The van der Waals surface area contributed by atoms with Crippen LogP contribution in [0, 0.1) is 5.92 Å². The van der Waals surface area contributed by atoms with E-state index in [0.29, 0.717) is 17.8 Å². The van der Waals surface area contributed by atoms with Gasteiger partial charge in [-0.1, -0.05) is 30.7 Å². The molecule has 1 aliphatic heterocycles. The van der Waals surface area contributed by atoms with Crippen molar-refractivity contribution in [3.05, 3.63) is 59.7 Å². The molecular weight excluding hydrogens is 396 g/mol. The van der Waals surface area contributed by atoms with E-state index in [9.17, 15) is 14.7 Å². The molecule has 1 saturated heterocycles. The van der Waals surface area contributed by atoms with Crippen LogP contribution in [0.2, 0.25) is 0 Å². The van der Waals surface area contributed by atoms with Crippen molar-refractivity contribution < 1.29 is 24.2 Å². The van der Waals surface area contributed by atoms with E-state index < -0.39 is 12.1 Å². The second kappa shape index (κ2) is 9.49. The van der Waals surface area contributed by atoms with Crippen LogP contribution in [0.1, 0.15) is 36.5 Å². The van der Waals surface area contributed by atoms with Gasteiger partial charge in [0.15, 0.2) is 0 Å². The summed E-state index contributed by atoms with van der Waals surface area (Å²) >= 11 is 0. The molecule has 0 unspecified atom stereocenters. The maximum atomic E-state index is 12.6. The number of hydrogen-bond donors (Lipinski definition) is 2. The van der Waals surface area contributed by atoms with Gasteiger partial charge in [0.1, 0.15) is 18.5 Å². The van der Waals surface area contributed by atoms with Gasteiger partial charge in [-0.3, -0.25) is 9.59 Å². The van der Waals surface area contributed by atoms with Gasteiger partial charge >= 0.3 is 0 Å². The minimum absolute atomic E-state index is 0.00547. The number of hydrogen-bond acceptors (Lipinski definition) is 5. The highest BCUT2D eigenvalue weighted by Gasteiger charge is 2.34. The molecule has 2 aromatic rings. The molecule has 0 radical (unpaired) electrons. The van der Waals surface area contributed by atoms with Gasteiger partial charge in [0, 0.05) is 18.2 Å². The Morgan fingerprint density at radius 3 is 2.52 bits per heavy atom. The Bertz CT molecular complexity index is 909. The number of methoxy groups -OCH3 is 1. The zero-order chi connectivity index (χ0) is 21.8. The van der Waals surface area contributed by atoms with Crippen molar-refractivity contribution >= 4 is 17.5 Å².